The molecule has 0 saturated carbocycles. The van der Waals surface area contributed by atoms with E-state index in [1.807, 2.05) is 80.6 Å². The highest BCUT2D eigenvalue weighted by atomic mass is 32.2. The first kappa shape index (κ1) is 27.8. The molecule has 6 atom stereocenters. The predicted molar refractivity (Wildman–Crippen MR) is 159 cm³/mol. The van der Waals surface area contributed by atoms with Crippen molar-refractivity contribution in [3.63, 3.8) is 0 Å². The number of hydrogen-bond donors (Lipinski definition) is 1. The molecule has 2 amide bonds. The number of benzene rings is 2. The highest BCUT2D eigenvalue weighted by Crippen LogP contribution is 2.61. The van der Waals surface area contributed by atoms with Gasteiger partial charge in [-0.3, -0.25) is 14.4 Å². The van der Waals surface area contributed by atoms with Crippen molar-refractivity contribution in [2.45, 2.75) is 55.2 Å². The zero-order valence-corrected chi connectivity index (χ0v) is 24.3. The zero-order valence-electron chi connectivity index (χ0n) is 23.4. The van der Waals surface area contributed by atoms with Crippen LogP contribution in [0.2, 0.25) is 0 Å². The molecule has 4 heterocycles. The summed E-state index contributed by atoms with van der Waals surface area (Å²) in [5.41, 5.74) is 3.77. The molecule has 0 aliphatic carbocycles. The third-order valence-electron chi connectivity index (χ3n) is 8.86. The molecule has 0 radical (unpaired) electrons. The number of aliphatic hydroxyl groups excluding tert-OH is 1. The fraction of sp³-hybridized carbons (Fsp3) is 0.424. The van der Waals surface area contributed by atoms with Crippen molar-refractivity contribution in [3.05, 3.63) is 89.5 Å². The van der Waals surface area contributed by atoms with E-state index in [4.69, 9.17) is 4.74 Å². The van der Waals surface area contributed by atoms with Crippen LogP contribution in [0.4, 0.5) is 5.69 Å². The van der Waals surface area contributed by atoms with Crippen molar-refractivity contribution >= 4 is 35.2 Å². The van der Waals surface area contributed by atoms with Gasteiger partial charge in [-0.1, -0.05) is 66.8 Å². The predicted octanol–water partition coefficient (Wildman–Crippen LogP) is 4.00. The van der Waals surface area contributed by atoms with Crippen molar-refractivity contribution in [3.8, 4) is 0 Å². The van der Waals surface area contributed by atoms with E-state index in [0.29, 0.717) is 19.6 Å². The Morgan fingerprint density at radius 2 is 1.88 bits per heavy atom. The molecular formula is C33H36N2O5S. The number of anilines is 1. The lowest BCUT2D eigenvalue weighted by molar-refractivity contribution is -0.153. The van der Waals surface area contributed by atoms with Gasteiger partial charge in [-0.2, -0.15) is 0 Å². The number of carbonyl (C=O) groups is 3. The molecular weight excluding hydrogens is 536 g/mol. The minimum absolute atomic E-state index is 0.192. The first-order chi connectivity index (χ1) is 19.9. The molecule has 2 saturated heterocycles. The van der Waals surface area contributed by atoms with Gasteiger partial charge in [0, 0.05) is 17.5 Å². The number of fused-ring (bicyclic) bond motifs is 2. The molecule has 7 nitrogen and oxygen atoms in total. The molecule has 0 aromatic heterocycles. The van der Waals surface area contributed by atoms with E-state index in [-0.39, 0.29) is 29.6 Å². The molecule has 2 fully saturated rings. The van der Waals surface area contributed by atoms with Gasteiger partial charge in [-0.25, -0.2) is 0 Å². The minimum Gasteiger partial charge on any atom is -0.465 e. The van der Waals surface area contributed by atoms with Crippen LogP contribution in [0.1, 0.15) is 29.5 Å². The zero-order chi connectivity index (χ0) is 28.7. The van der Waals surface area contributed by atoms with E-state index < -0.39 is 28.7 Å². The molecule has 8 heteroatoms. The van der Waals surface area contributed by atoms with Crippen LogP contribution in [0.5, 0.6) is 0 Å². The monoisotopic (exact) mass is 572 g/mol. The first-order valence-corrected chi connectivity index (χ1v) is 15.3. The highest BCUT2D eigenvalue weighted by Gasteiger charge is 2.71. The van der Waals surface area contributed by atoms with E-state index >= 15 is 0 Å². The van der Waals surface area contributed by atoms with Gasteiger partial charge >= 0.3 is 5.97 Å². The Hall–Kier alpha value is -3.36. The van der Waals surface area contributed by atoms with Crippen molar-refractivity contribution < 1.29 is 24.2 Å². The Morgan fingerprint density at radius 1 is 1.07 bits per heavy atom. The van der Waals surface area contributed by atoms with Crippen LogP contribution in [0.15, 0.2) is 72.8 Å². The number of nitrogens with zero attached hydrogens (tertiary/aromatic N) is 2. The Labute approximate surface area is 245 Å². The van der Waals surface area contributed by atoms with Gasteiger partial charge in [0.2, 0.25) is 5.91 Å². The molecule has 41 heavy (non-hydrogen) atoms. The van der Waals surface area contributed by atoms with Crippen molar-refractivity contribution in [1.82, 2.24) is 4.90 Å². The number of thioether (sulfide) groups is 1. The van der Waals surface area contributed by atoms with Gasteiger partial charge < -0.3 is 19.6 Å². The lowest BCUT2D eigenvalue weighted by atomic mass is 9.78. The fourth-order valence-corrected chi connectivity index (χ4v) is 8.94. The molecule has 2 aromatic rings. The van der Waals surface area contributed by atoms with Gasteiger partial charge in [-0.05, 0) is 55.9 Å². The lowest BCUT2D eigenvalue weighted by Gasteiger charge is -2.39. The summed E-state index contributed by atoms with van der Waals surface area (Å²) in [4.78, 5) is 46.3. The second-order valence-electron chi connectivity index (χ2n) is 11.5. The summed E-state index contributed by atoms with van der Waals surface area (Å²) in [7, 11) is 0. The number of ether oxygens (including phenoxy) is 1. The summed E-state index contributed by atoms with van der Waals surface area (Å²) in [6.45, 7) is 4.34. The first-order valence-electron chi connectivity index (χ1n) is 14.4. The Bertz CT molecular complexity index is 1410. The highest BCUT2D eigenvalue weighted by molar-refractivity contribution is 8.02. The Morgan fingerprint density at radius 3 is 2.66 bits per heavy atom. The van der Waals surface area contributed by atoms with Gasteiger partial charge in [0.1, 0.15) is 6.04 Å². The maximum atomic E-state index is 14.8. The average molecular weight is 573 g/mol. The summed E-state index contributed by atoms with van der Waals surface area (Å²) in [5.74, 6) is -2.33. The second kappa shape index (κ2) is 11.1. The van der Waals surface area contributed by atoms with Crippen LogP contribution in [-0.2, 0) is 25.5 Å². The number of amides is 2. The molecule has 6 rings (SSSR count). The molecule has 0 bridgehead atoms. The molecule has 4 aliphatic heterocycles. The smallest absolute Gasteiger partial charge is 0.311 e. The SMILES string of the molecule is Cc1ccc(C)c(N2CC=C[C@]34S[C@H]5/C=C\CCCOC(=O)[C@H]5[C@H]3C(=O)N([C@@H](CO)Cc3ccccc3)C4C2=O)c1. The van der Waals surface area contributed by atoms with E-state index in [1.54, 1.807) is 9.80 Å². The molecule has 4 aliphatic rings. The second-order valence-corrected chi connectivity index (χ2v) is 13.0. The van der Waals surface area contributed by atoms with Crippen LogP contribution in [0, 0.1) is 25.7 Å². The van der Waals surface area contributed by atoms with E-state index in [9.17, 15) is 19.5 Å². The van der Waals surface area contributed by atoms with Crippen LogP contribution < -0.4 is 4.90 Å². The van der Waals surface area contributed by atoms with E-state index in [2.05, 4.69) is 6.08 Å². The Kier molecular flexibility index (Phi) is 7.55. The number of allylic oxidation sites excluding steroid dienone is 1. The van der Waals surface area contributed by atoms with Crippen molar-refractivity contribution in [1.29, 1.82) is 0 Å². The van der Waals surface area contributed by atoms with Gasteiger partial charge in [-0.15, -0.1) is 11.8 Å². The number of hydrogen-bond acceptors (Lipinski definition) is 6. The van der Waals surface area contributed by atoms with E-state index in [0.717, 1.165) is 35.2 Å². The topological polar surface area (TPSA) is 87.2 Å². The van der Waals surface area contributed by atoms with Crippen LogP contribution in [-0.4, -0.2) is 69.6 Å². The van der Waals surface area contributed by atoms with Gasteiger partial charge in [0.15, 0.2) is 0 Å². The quantitative estimate of drug-likeness (QED) is 0.431. The number of aliphatic hydroxyl groups is 1. The number of rotatable bonds is 5. The summed E-state index contributed by atoms with van der Waals surface area (Å²) < 4.78 is 4.70. The van der Waals surface area contributed by atoms with Crippen LogP contribution >= 0.6 is 11.8 Å². The van der Waals surface area contributed by atoms with Gasteiger partial charge in [0.05, 0.1) is 35.8 Å². The molecule has 214 valence electrons. The summed E-state index contributed by atoms with van der Waals surface area (Å²) in [5, 5.41) is 10.4. The third-order valence-corrected chi connectivity index (χ3v) is 10.6. The normalized spacial score (nSPS) is 30.9. The summed E-state index contributed by atoms with van der Waals surface area (Å²) in [6, 6.07) is 14.2. The largest absolute Gasteiger partial charge is 0.465 e. The lowest BCUT2D eigenvalue weighted by Crippen LogP contribution is -2.57. The maximum Gasteiger partial charge on any atom is 0.311 e. The Balaban J connectivity index is 1.49. The summed E-state index contributed by atoms with van der Waals surface area (Å²) in [6.07, 6.45) is 9.99. The number of likely N-dealkylation sites (tertiary alicyclic amines) is 1. The van der Waals surface area contributed by atoms with Crippen molar-refractivity contribution in [2.75, 3.05) is 24.7 Å². The molecule has 1 N–H and O–H groups in total. The number of esters is 1. The standard InChI is InChI=1S/C33H36N2O5S/c1-21-13-14-22(2)25(18-21)34-16-9-15-33-28(27-26(41-33)12-7-4-8-17-40-32(27)39)30(37)35(29(33)31(34)38)24(20-36)19-23-10-5-3-6-11-23/h3,5-7,9-15,18,24,26-29,36H,4,8,16-17,19-20H2,1-2H3/b12-7-/t24-,26+,27-,28+,29?,33+/m1/s1. The summed E-state index contributed by atoms with van der Waals surface area (Å²) >= 11 is 1.53. The average Bonchev–Trinajstić information content (AvgIpc) is 3.38. The van der Waals surface area contributed by atoms with Crippen LogP contribution in [0.3, 0.4) is 0 Å². The maximum absolute atomic E-state index is 14.8. The third kappa shape index (κ3) is 4.71. The fourth-order valence-electron chi connectivity index (χ4n) is 6.95. The number of cyclic esters (lactones) is 1. The molecule has 1 spiro atoms. The van der Waals surface area contributed by atoms with Crippen LogP contribution in [0.25, 0.3) is 0 Å². The van der Waals surface area contributed by atoms with Gasteiger partial charge in [0.25, 0.3) is 5.91 Å². The molecule has 1 unspecified atom stereocenters. The minimum atomic E-state index is -0.970. The van der Waals surface area contributed by atoms with Crippen molar-refractivity contribution in [2.24, 2.45) is 11.8 Å². The number of aryl methyl sites for hydroxylation is 2. The van der Waals surface area contributed by atoms with E-state index in [1.165, 1.54) is 11.8 Å². The molecule has 2 aromatic carbocycles. The number of carbonyl (C=O) groups excluding carboxylic acids is 3.